The van der Waals surface area contributed by atoms with Crippen molar-refractivity contribution in [2.45, 2.75) is 39.7 Å². The Morgan fingerprint density at radius 3 is 2.37 bits per heavy atom. The second-order valence-electron chi connectivity index (χ2n) is 5.89. The molecule has 5 nitrogen and oxygen atoms in total. The molecule has 0 bridgehead atoms. The lowest BCUT2D eigenvalue weighted by molar-refractivity contribution is 0.288. The van der Waals surface area contributed by atoms with Gasteiger partial charge >= 0.3 is 0 Å². The Hall–Kier alpha value is -0.170. The Bertz CT molecular complexity index is 338. The quantitative estimate of drug-likeness (QED) is 0.654. The molecule has 0 aromatic carbocycles. The van der Waals surface area contributed by atoms with E-state index in [9.17, 15) is 8.42 Å². The van der Waals surface area contributed by atoms with Crippen LogP contribution in [0.5, 0.6) is 0 Å². The lowest BCUT2D eigenvalue weighted by Gasteiger charge is -2.20. The highest BCUT2D eigenvalue weighted by atomic mass is 32.2. The van der Waals surface area contributed by atoms with Gasteiger partial charge in [0.2, 0.25) is 10.0 Å². The fourth-order valence-corrected chi connectivity index (χ4v) is 3.36. The monoisotopic (exact) mass is 291 g/mol. The highest BCUT2D eigenvalue weighted by Gasteiger charge is 2.16. The van der Waals surface area contributed by atoms with Crippen LogP contribution in [0.1, 0.15) is 33.6 Å². The van der Waals surface area contributed by atoms with Gasteiger partial charge in [-0.2, -0.15) is 0 Å². The molecule has 1 atom stereocenters. The van der Waals surface area contributed by atoms with E-state index in [-0.39, 0.29) is 5.75 Å². The second kappa shape index (κ2) is 8.19. The molecule has 1 aliphatic heterocycles. The first-order valence-electron chi connectivity index (χ1n) is 7.32. The molecule has 1 fully saturated rings. The molecule has 1 heterocycles. The Kier molecular flexibility index (Phi) is 7.28. The zero-order chi connectivity index (χ0) is 14.3. The van der Waals surface area contributed by atoms with Gasteiger partial charge in [0.1, 0.15) is 0 Å². The summed E-state index contributed by atoms with van der Waals surface area (Å²) in [5.41, 5.74) is 0. The van der Waals surface area contributed by atoms with Crippen molar-refractivity contribution >= 4 is 10.0 Å². The van der Waals surface area contributed by atoms with E-state index in [2.05, 4.69) is 21.9 Å². The number of likely N-dealkylation sites (tertiary alicyclic amines) is 1. The Balaban J connectivity index is 2.18. The molecule has 1 rings (SSSR count). The third-order valence-corrected chi connectivity index (χ3v) is 4.69. The zero-order valence-electron chi connectivity index (χ0n) is 12.5. The zero-order valence-corrected chi connectivity index (χ0v) is 13.3. The topological polar surface area (TPSA) is 61.4 Å². The minimum absolute atomic E-state index is 0.154. The van der Waals surface area contributed by atoms with Crippen LogP contribution in [-0.2, 0) is 10.0 Å². The number of hydrogen-bond donors (Lipinski definition) is 2. The van der Waals surface area contributed by atoms with Crippen LogP contribution in [0, 0.1) is 5.92 Å². The Morgan fingerprint density at radius 1 is 1.16 bits per heavy atom. The maximum Gasteiger partial charge on any atom is 0.212 e. The van der Waals surface area contributed by atoms with Crippen LogP contribution >= 0.6 is 0 Å². The van der Waals surface area contributed by atoms with Crippen molar-refractivity contribution in [1.82, 2.24) is 14.9 Å². The van der Waals surface area contributed by atoms with Gasteiger partial charge in [-0.3, -0.25) is 0 Å². The third-order valence-electron chi connectivity index (χ3n) is 3.34. The number of sulfonamides is 1. The molecule has 0 saturated carbocycles. The first kappa shape index (κ1) is 16.9. The Labute approximate surface area is 118 Å². The van der Waals surface area contributed by atoms with E-state index in [0.29, 0.717) is 25.0 Å². The summed E-state index contributed by atoms with van der Waals surface area (Å²) in [4.78, 5) is 2.42. The van der Waals surface area contributed by atoms with E-state index in [1.165, 1.54) is 12.8 Å². The smallest absolute Gasteiger partial charge is 0.212 e. The van der Waals surface area contributed by atoms with Gasteiger partial charge in [0.15, 0.2) is 0 Å². The van der Waals surface area contributed by atoms with Crippen molar-refractivity contribution in [2.24, 2.45) is 5.92 Å². The van der Waals surface area contributed by atoms with E-state index in [4.69, 9.17) is 0 Å². The van der Waals surface area contributed by atoms with Crippen molar-refractivity contribution in [3.05, 3.63) is 0 Å². The van der Waals surface area contributed by atoms with E-state index < -0.39 is 10.0 Å². The second-order valence-corrected chi connectivity index (χ2v) is 7.82. The van der Waals surface area contributed by atoms with Gasteiger partial charge in [-0.05, 0) is 31.8 Å². The van der Waals surface area contributed by atoms with Crippen molar-refractivity contribution < 1.29 is 8.42 Å². The highest BCUT2D eigenvalue weighted by molar-refractivity contribution is 7.89. The molecule has 114 valence electrons. The summed E-state index contributed by atoms with van der Waals surface area (Å²) >= 11 is 0. The molecule has 0 amide bonds. The van der Waals surface area contributed by atoms with Crippen molar-refractivity contribution in [3.63, 3.8) is 0 Å². The molecular formula is C13H29N3O2S. The predicted molar refractivity (Wildman–Crippen MR) is 79.8 cm³/mol. The SMILES string of the molecule is CC(CNS(=O)(=O)CCNC(C)C)CN1CCCC1. The van der Waals surface area contributed by atoms with Crippen LogP contribution in [0.3, 0.4) is 0 Å². The molecule has 1 saturated heterocycles. The largest absolute Gasteiger partial charge is 0.313 e. The van der Waals surface area contributed by atoms with Crippen LogP contribution < -0.4 is 10.0 Å². The van der Waals surface area contributed by atoms with Gasteiger partial charge < -0.3 is 10.2 Å². The summed E-state index contributed by atoms with van der Waals surface area (Å²) in [6.45, 7) is 10.5. The van der Waals surface area contributed by atoms with Gasteiger partial charge in [-0.1, -0.05) is 20.8 Å². The molecule has 0 aliphatic carbocycles. The summed E-state index contributed by atoms with van der Waals surface area (Å²) < 4.78 is 26.3. The Morgan fingerprint density at radius 2 is 1.79 bits per heavy atom. The fraction of sp³-hybridized carbons (Fsp3) is 1.00. The third kappa shape index (κ3) is 7.87. The number of nitrogens with one attached hydrogen (secondary N) is 2. The average Bonchev–Trinajstić information content (AvgIpc) is 2.78. The van der Waals surface area contributed by atoms with E-state index in [1.54, 1.807) is 0 Å². The number of nitrogens with zero attached hydrogens (tertiary/aromatic N) is 1. The molecule has 2 N–H and O–H groups in total. The van der Waals surface area contributed by atoms with Crippen molar-refractivity contribution in [1.29, 1.82) is 0 Å². The molecule has 6 heteroatoms. The van der Waals surface area contributed by atoms with Crippen molar-refractivity contribution in [3.8, 4) is 0 Å². The van der Waals surface area contributed by atoms with E-state index >= 15 is 0 Å². The minimum atomic E-state index is -3.14. The molecule has 0 aromatic rings. The molecule has 0 spiro atoms. The first-order valence-corrected chi connectivity index (χ1v) is 8.97. The normalized spacial score (nSPS) is 19.2. The lowest BCUT2D eigenvalue weighted by Crippen LogP contribution is -2.38. The summed E-state index contributed by atoms with van der Waals surface area (Å²) in [5.74, 6) is 0.521. The van der Waals surface area contributed by atoms with Crippen LogP contribution in [-0.4, -0.2) is 57.8 Å². The van der Waals surface area contributed by atoms with E-state index in [0.717, 1.165) is 19.6 Å². The fourth-order valence-electron chi connectivity index (χ4n) is 2.29. The van der Waals surface area contributed by atoms with Crippen LogP contribution in [0.15, 0.2) is 0 Å². The summed E-state index contributed by atoms with van der Waals surface area (Å²) in [5, 5.41) is 3.12. The van der Waals surface area contributed by atoms with E-state index in [1.807, 2.05) is 13.8 Å². The highest BCUT2D eigenvalue weighted by Crippen LogP contribution is 2.09. The molecule has 0 aromatic heterocycles. The number of hydrogen-bond acceptors (Lipinski definition) is 4. The maximum atomic E-state index is 11.8. The molecule has 1 aliphatic rings. The minimum Gasteiger partial charge on any atom is -0.313 e. The van der Waals surface area contributed by atoms with Gasteiger partial charge in [0, 0.05) is 25.7 Å². The summed E-state index contributed by atoms with van der Waals surface area (Å²) in [6.07, 6.45) is 2.55. The van der Waals surface area contributed by atoms with Gasteiger partial charge in [-0.15, -0.1) is 0 Å². The summed E-state index contributed by atoms with van der Waals surface area (Å²) in [6, 6.07) is 0.323. The summed E-state index contributed by atoms with van der Waals surface area (Å²) in [7, 11) is -3.14. The molecular weight excluding hydrogens is 262 g/mol. The average molecular weight is 291 g/mol. The first-order chi connectivity index (χ1) is 8.89. The number of rotatable bonds is 9. The maximum absolute atomic E-state index is 11.8. The predicted octanol–water partition coefficient (Wildman–Crippen LogP) is 0.636. The van der Waals surface area contributed by atoms with Gasteiger partial charge in [-0.25, -0.2) is 13.1 Å². The standard InChI is InChI=1S/C13H29N3O2S/c1-12(2)14-6-9-19(17,18)15-10-13(3)11-16-7-4-5-8-16/h12-15H,4-11H2,1-3H3. The van der Waals surface area contributed by atoms with Crippen LogP contribution in [0.2, 0.25) is 0 Å². The van der Waals surface area contributed by atoms with Gasteiger partial charge in [0.25, 0.3) is 0 Å². The van der Waals surface area contributed by atoms with Crippen LogP contribution in [0.4, 0.5) is 0 Å². The van der Waals surface area contributed by atoms with Gasteiger partial charge in [0.05, 0.1) is 5.75 Å². The molecule has 1 unspecified atom stereocenters. The molecule has 0 radical (unpaired) electrons. The lowest BCUT2D eigenvalue weighted by atomic mass is 10.2. The molecule has 19 heavy (non-hydrogen) atoms. The van der Waals surface area contributed by atoms with Crippen LogP contribution in [0.25, 0.3) is 0 Å². The van der Waals surface area contributed by atoms with Crippen molar-refractivity contribution in [2.75, 3.05) is 38.5 Å².